The summed E-state index contributed by atoms with van der Waals surface area (Å²) in [7, 11) is 0. The van der Waals surface area contributed by atoms with Crippen LogP contribution in [0, 0.1) is 6.92 Å². The maximum Gasteiger partial charge on any atom is 0.119 e. The van der Waals surface area contributed by atoms with Gasteiger partial charge in [-0.1, -0.05) is 40.2 Å². The SMILES string of the molecule is CCOc1ccc(C(N)c2ccc(C)c(Br)c2)cc1. The second-order valence-corrected chi connectivity index (χ2v) is 5.34. The first-order chi connectivity index (χ1) is 9.11. The molecular weight excluding hydrogens is 302 g/mol. The van der Waals surface area contributed by atoms with Crippen molar-refractivity contribution in [2.75, 3.05) is 6.61 Å². The molecule has 3 heteroatoms. The summed E-state index contributed by atoms with van der Waals surface area (Å²) in [6.45, 7) is 4.72. The molecule has 0 fully saturated rings. The highest BCUT2D eigenvalue weighted by atomic mass is 79.9. The Bertz CT molecular complexity index is 551. The van der Waals surface area contributed by atoms with Crippen molar-refractivity contribution < 1.29 is 4.74 Å². The third kappa shape index (κ3) is 3.37. The second kappa shape index (κ2) is 6.22. The predicted molar refractivity (Wildman–Crippen MR) is 82.5 cm³/mol. The number of hydrogen-bond acceptors (Lipinski definition) is 2. The molecule has 0 spiro atoms. The highest BCUT2D eigenvalue weighted by molar-refractivity contribution is 9.10. The summed E-state index contributed by atoms with van der Waals surface area (Å²) < 4.78 is 6.52. The Morgan fingerprint density at radius 2 is 1.74 bits per heavy atom. The van der Waals surface area contributed by atoms with Gasteiger partial charge in [0.25, 0.3) is 0 Å². The summed E-state index contributed by atoms with van der Waals surface area (Å²) in [5.74, 6) is 0.878. The van der Waals surface area contributed by atoms with E-state index < -0.39 is 0 Å². The third-order valence-electron chi connectivity index (χ3n) is 3.11. The second-order valence-electron chi connectivity index (χ2n) is 4.49. The Morgan fingerprint density at radius 1 is 1.11 bits per heavy atom. The van der Waals surface area contributed by atoms with Crippen molar-refractivity contribution in [3.63, 3.8) is 0 Å². The van der Waals surface area contributed by atoms with Crippen molar-refractivity contribution >= 4 is 15.9 Å². The number of aryl methyl sites for hydroxylation is 1. The Morgan fingerprint density at radius 3 is 2.32 bits per heavy atom. The maximum absolute atomic E-state index is 6.30. The van der Waals surface area contributed by atoms with Gasteiger partial charge < -0.3 is 10.5 Å². The van der Waals surface area contributed by atoms with Gasteiger partial charge in [-0.2, -0.15) is 0 Å². The first-order valence-electron chi connectivity index (χ1n) is 6.36. The van der Waals surface area contributed by atoms with Crippen LogP contribution in [0.4, 0.5) is 0 Å². The number of nitrogens with two attached hydrogens (primary N) is 1. The van der Waals surface area contributed by atoms with Gasteiger partial charge in [0, 0.05) is 4.47 Å². The highest BCUT2D eigenvalue weighted by Crippen LogP contribution is 2.26. The van der Waals surface area contributed by atoms with Crippen molar-refractivity contribution in [1.82, 2.24) is 0 Å². The van der Waals surface area contributed by atoms with E-state index in [2.05, 4.69) is 41.1 Å². The predicted octanol–water partition coefficient (Wildman–Crippen LogP) is 4.20. The number of halogens is 1. The first-order valence-corrected chi connectivity index (χ1v) is 7.15. The zero-order chi connectivity index (χ0) is 13.8. The molecule has 0 saturated carbocycles. The van der Waals surface area contributed by atoms with E-state index in [1.165, 1.54) is 5.56 Å². The molecule has 2 N–H and O–H groups in total. The van der Waals surface area contributed by atoms with Crippen LogP contribution in [0.2, 0.25) is 0 Å². The quantitative estimate of drug-likeness (QED) is 0.916. The Labute approximate surface area is 122 Å². The molecule has 100 valence electrons. The lowest BCUT2D eigenvalue weighted by Gasteiger charge is -2.14. The van der Waals surface area contributed by atoms with Crippen LogP contribution in [-0.2, 0) is 0 Å². The van der Waals surface area contributed by atoms with Crippen LogP contribution in [0.5, 0.6) is 5.75 Å². The van der Waals surface area contributed by atoms with Crippen molar-refractivity contribution in [1.29, 1.82) is 0 Å². The molecule has 0 bridgehead atoms. The van der Waals surface area contributed by atoms with Crippen molar-refractivity contribution in [2.45, 2.75) is 19.9 Å². The van der Waals surface area contributed by atoms with Crippen LogP contribution < -0.4 is 10.5 Å². The van der Waals surface area contributed by atoms with Gasteiger partial charge in [-0.15, -0.1) is 0 Å². The Balaban J connectivity index is 2.22. The zero-order valence-corrected chi connectivity index (χ0v) is 12.8. The zero-order valence-electron chi connectivity index (χ0n) is 11.2. The van der Waals surface area contributed by atoms with E-state index in [1.54, 1.807) is 0 Å². The summed E-state index contributed by atoms with van der Waals surface area (Å²) in [6.07, 6.45) is 0. The lowest BCUT2D eigenvalue weighted by atomic mass is 9.99. The summed E-state index contributed by atoms with van der Waals surface area (Å²) in [4.78, 5) is 0. The number of ether oxygens (including phenoxy) is 1. The lowest BCUT2D eigenvalue weighted by molar-refractivity contribution is 0.340. The molecule has 0 saturated heterocycles. The number of rotatable bonds is 4. The molecule has 1 atom stereocenters. The molecule has 0 radical (unpaired) electrons. The van der Waals surface area contributed by atoms with Gasteiger partial charge in [-0.25, -0.2) is 0 Å². The molecule has 0 aliphatic carbocycles. The molecule has 0 amide bonds. The normalized spacial score (nSPS) is 12.2. The summed E-state index contributed by atoms with van der Waals surface area (Å²) >= 11 is 3.54. The molecule has 0 aliphatic rings. The van der Waals surface area contributed by atoms with E-state index >= 15 is 0 Å². The Kier molecular flexibility index (Phi) is 4.61. The molecule has 2 aromatic carbocycles. The monoisotopic (exact) mass is 319 g/mol. The summed E-state index contributed by atoms with van der Waals surface area (Å²) in [5, 5.41) is 0. The van der Waals surface area contributed by atoms with E-state index in [-0.39, 0.29) is 6.04 Å². The fourth-order valence-corrected chi connectivity index (χ4v) is 2.33. The van der Waals surface area contributed by atoms with Gasteiger partial charge in [-0.05, 0) is 48.7 Å². The highest BCUT2D eigenvalue weighted by Gasteiger charge is 2.10. The molecule has 0 heterocycles. The smallest absolute Gasteiger partial charge is 0.119 e. The van der Waals surface area contributed by atoms with E-state index in [9.17, 15) is 0 Å². The largest absolute Gasteiger partial charge is 0.494 e. The molecule has 0 aliphatic heterocycles. The van der Waals surface area contributed by atoms with Crippen LogP contribution >= 0.6 is 15.9 Å². The fraction of sp³-hybridized carbons (Fsp3) is 0.250. The maximum atomic E-state index is 6.30. The van der Waals surface area contributed by atoms with Crippen LogP contribution in [0.15, 0.2) is 46.9 Å². The fourth-order valence-electron chi connectivity index (χ4n) is 1.93. The van der Waals surface area contributed by atoms with Gasteiger partial charge >= 0.3 is 0 Å². The molecular formula is C16H18BrNO. The van der Waals surface area contributed by atoms with Crippen LogP contribution in [0.1, 0.15) is 29.7 Å². The van der Waals surface area contributed by atoms with E-state index in [4.69, 9.17) is 10.5 Å². The summed E-state index contributed by atoms with van der Waals surface area (Å²) in [6, 6.07) is 14.1. The van der Waals surface area contributed by atoms with Gasteiger partial charge in [-0.3, -0.25) is 0 Å². The molecule has 2 nitrogen and oxygen atoms in total. The minimum absolute atomic E-state index is 0.118. The van der Waals surface area contributed by atoms with Crippen molar-refractivity contribution in [3.05, 3.63) is 63.6 Å². The molecule has 2 rings (SSSR count). The molecule has 1 unspecified atom stereocenters. The van der Waals surface area contributed by atoms with Gasteiger partial charge in [0.15, 0.2) is 0 Å². The lowest BCUT2D eigenvalue weighted by Crippen LogP contribution is -2.11. The van der Waals surface area contributed by atoms with E-state index in [0.29, 0.717) is 6.61 Å². The van der Waals surface area contributed by atoms with Gasteiger partial charge in [0.2, 0.25) is 0 Å². The molecule has 0 aromatic heterocycles. The minimum Gasteiger partial charge on any atom is -0.494 e. The average Bonchev–Trinajstić information content (AvgIpc) is 2.42. The van der Waals surface area contributed by atoms with Gasteiger partial charge in [0.05, 0.1) is 12.6 Å². The standard InChI is InChI=1S/C16H18BrNO/c1-3-19-14-8-6-12(7-9-14)16(18)13-5-4-11(2)15(17)10-13/h4-10,16H,3,18H2,1-2H3. The molecule has 2 aromatic rings. The number of hydrogen-bond donors (Lipinski definition) is 1. The Hall–Kier alpha value is -1.32. The van der Waals surface area contributed by atoms with Crippen LogP contribution in [0.3, 0.4) is 0 Å². The van der Waals surface area contributed by atoms with Crippen LogP contribution in [-0.4, -0.2) is 6.61 Å². The first kappa shape index (κ1) is 14.1. The average molecular weight is 320 g/mol. The van der Waals surface area contributed by atoms with E-state index in [0.717, 1.165) is 21.3 Å². The van der Waals surface area contributed by atoms with E-state index in [1.807, 2.05) is 31.2 Å². The van der Waals surface area contributed by atoms with Crippen LogP contribution in [0.25, 0.3) is 0 Å². The summed E-state index contributed by atoms with van der Waals surface area (Å²) in [5.41, 5.74) is 9.69. The third-order valence-corrected chi connectivity index (χ3v) is 3.96. The minimum atomic E-state index is -0.118. The van der Waals surface area contributed by atoms with Crippen molar-refractivity contribution in [3.8, 4) is 5.75 Å². The topological polar surface area (TPSA) is 35.2 Å². The van der Waals surface area contributed by atoms with Crippen molar-refractivity contribution in [2.24, 2.45) is 5.73 Å². The number of benzene rings is 2. The molecule has 19 heavy (non-hydrogen) atoms. The van der Waals surface area contributed by atoms with Gasteiger partial charge in [0.1, 0.15) is 5.75 Å².